The Morgan fingerprint density at radius 2 is 1.85 bits per heavy atom. The minimum absolute atomic E-state index is 0.00450. The van der Waals surface area contributed by atoms with Crippen LogP contribution in [0.1, 0.15) is 25.3 Å². The molecule has 1 saturated heterocycles. The summed E-state index contributed by atoms with van der Waals surface area (Å²) in [6.07, 6.45) is 1.55. The number of amides is 1. The van der Waals surface area contributed by atoms with Crippen molar-refractivity contribution >= 4 is 5.91 Å². The molecule has 2 rings (SSSR count). The fourth-order valence-electron chi connectivity index (χ4n) is 2.50. The molecule has 0 aromatic heterocycles. The van der Waals surface area contributed by atoms with Crippen LogP contribution in [0, 0.1) is 0 Å². The number of rotatable bonds is 5. The van der Waals surface area contributed by atoms with Crippen molar-refractivity contribution in [1.29, 1.82) is 0 Å². The SMILES string of the molecule is COc1cc(CCN2C(=O)CCC2(C)O)cc(OC)c1. The molecule has 20 heavy (non-hydrogen) atoms. The van der Waals surface area contributed by atoms with E-state index in [-0.39, 0.29) is 5.91 Å². The molecule has 5 heteroatoms. The molecule has 1 aliphatic rings. The zero-order valence-electron chi connectivity index (χ0n) is 12.2. The first kappa shape index (κ1) is 14.7. The molecule has 1 N–H and O–H groups in total. The maximum Gasteiger partial charge on any atom is 0.224 e. The van der Waals surface area contributed by atoms with Crippen LogP contribution in [-0.4, -0.2) is 42.4 Å². The van der Waals surface area contributed by atoms with Gasteiger partial charge in [0.15, 0.2) is 0 Å². The number of carbonyl (C=O) groups excluding carboxylic acids is 1. The summed E-state index contributed by atoms with van der Waals surface area (Å²) in [5, 5.41) is 10.2. The lowest BCUT2D eigenvalue weighted by Gasteiger charge is -2.30. The maximum atomic E-state index is 11.8. The Balaban J connectivity index is 2.09. The number of hydrogen-bond acceptors (Lipinski definition) is 4. The molecule has 5 nitrogen and oxygen atoms in total. The average Bonchev–Trinajstić information content (AvgIpc) is 2.70. The van der Waals surface area contributed by atoms with Crippen molar-refractivity contribution in [1.82, 2.24) is 4.90 Å². The van der Waals surface area contributed by atoms with Gasteiger partial charge in [-0.05, 0) is 31.0 Å². The molecule has 0 spiro atoms. The summed E-state index contributed by atoms with van der Waals surface area (Å²) in [6.45, 7) is 2.17. The number of benzene rings is 1. The predicted molar refractivity (Wildman–Crippen MR) is 74.8 cm³/mol. The van der Waals surface area contributed by atoms with E-state index in [4.69, 9.17) is 9.47 Å². The van der Waals surface area contributed by atoms with E-state index in [1.807, 2.05) is 12.1 Å². The molecule has 1 unspecified atom stereocenters. The Bertz CT molecular complexity index is 476. The highest BCUT2D eigenvalue weighted by Gasteiger charge is 2.39. The molecule has 1 atom stereocenters. The second-order valence-electron chi connectivity index (χ2n) is 5.23. The van der Waals surface area contributed by atoms with Crippen LogP contribution in [0.4, 0.5) is 0 Å². The molecule has 1 amide bonds. The van der Waals surface area contributed by atoms with Crippen molar-refractivity contribution in [2.24, 2.45) is 0 Å². The Kier molecular flexibility index (Phi) is 4.18. The van der Waals surface area contributed by atoms with Crippen molar-refractivity contribution in [2.45, 2.75) is 31.9 Å². The zero-order valence-corrected chi connectivity index (χ0v) is 12.2. The number of carbonyl (C=O) groups is 1. The van der Waals surface area contributed by atoms with Gasteiger partial charge in [0, 0.05) is 25.5 Å². The second kappa shape index (κ2) is 5.71. The van der Waals surface area contributed by atoms with Crippen LogP contribution in [0.15, 0.2) is 18.2 Å². The second-order valence-corrected chi connectivity index (χ2v) is 5.23. The van der Waals surface area contributed by atoms with Crippen molar-refractivity contribution in [3.63, 3.8) is 0 Å². The Morgan fingerprint density at radius 3 is 2.30 bits per heavy atom. The first-order valence-corrected chi connectivity index (χ1v) is 6.71. The van der Waals surface area contributed by atoms with E-state index in [2.05, 4.69) is 0 Å². The lowest BCUT2D eigenvalue weighted by Crippen LogP contribution is -2.44. The fraction of sp³-hybridized carbons (Fsp3) is 0.533. The van der Waals surface area contributed by atoms with Gasteiger partial charge < -0.3 is 19.5 Å². The molecule has 1 aromatic rings. The van der Waals surface area contributed by atoms with Crippen LogP contribution in [0.3, 0.4) is 0 Å². The topological polar surface area (TPSA) is 59.0 Å². The lowest BCUT2D eigenvalue weighted by atomic mass is 10.1. The highest BCUT2D eigenvalue weighted by Crippen LogP contribution is 2.28. The molecule has 1 heterocycles. The van der Waals surface area contributed by atoms with Crippen molar-refractivity contribution in [2.75, 3.05) is 20.8 Å². The summed E-state index contributed by atoms with van der Waals surface area (Å²) in [6, 6.07) is 5.64. The normalized spacial score (nSPS) is 22.2. The van der Waals surface area contributed by atoms with Crippen LogP contribution in [-0.2, 0) is 11.2 Å². The highest BCUT2D eigenvalue weighted by molar-refractivity contribution is 5.79. The van der Waals surface area contributed by atoms with Gasteiger partial charge in [-0.3, -0.25) is 4.79 Å². The number of methoxy groups -OCH3 is 2. The van der Waals surface area contributed by atoms with Gasteiger partial charge in [-0.1, -0.05) is 0 Å². The van der Waals surface area contributed by atoms with E-state index >= 15 is 0 Å². The molecule has 0 aliphatic carbocycles. The van der Waals surface area contributed by atoms with Crippen LogP contribution < -0.4 is 9.47 Å². The number of aliphatic hydroxyl groups is 1. The molecular weight excluding hydrogens is 258 g/mol. The summed E-state index contributed by atoms with van der Waals surface area (Å²) in [4.78, 5) is 13.3. The van der Waals surface area contributed by atoms with Crippen LogP contribution in [0.2, 0.25) is 0 Å². The van der Waals surface area contributed by atoms with E-state index in [1.54, 1.807) is 32.1 Å². The van der Waals surface area contributed by atoms with E-state index in [1.165, 1.54) is 0 Å². The Hall–Kier alpha value is -1.75. The zero-order chi connectivity index (χ0) is 14.8. The number of ether oxygens (including phenoxy) is 2. The minimum Gasteiger partial charge on any atom is -0.497 e. The summed E-state index contributed by atoms with van der Waals surface area (Å²) < 4.78 is 10.4. The summed E-state index contributed by atoms with van der Waals surface area (Å²) in [5.74, 6) is 1.45. The summed E-state index contributed by atoms with van der Waals surface area (Å²) in [7, 11) is 3.21. The first-order valence-electron chi connectivity index (χ1n) is 6.71. The third kappa shape index (κ3) is 3.04. The van der Waals surface area contributed by atoms with Gasteiger partial charge in [0.2, 0.25) is 5.91 Å². The van der Waals surface area contributed by atoms with Gasteiger partial charge >= 0.3 is 0 Å². The summed E-state index contributed by atoms with van der Waals surface area (Å²) >= 11 is 0. The minimum atomic E-state index is -1.03. The van der Waals surface area contributed by atoms with E-state index in [0.29, 0.717) is 25.8 Å². The molecule has 110 valence electrons. The average molecular weight is 279 g/mol. The van der Waals surface area contributed by atoms with Crippen LogP contribution in [0.25, 0.3) is 0 Å². The number of nitrogens with zero attached hydrogens (tertiary/aromatic N) is 1. The van der Waals surface area contributed by atoms with Crippen LogP contribution >= 0.6 is 0 Å². The quantitative estimate of drug-likeness (QED) is 0.889. The van der Waals surface area contributed by atoms with Gasteiger partial charge in [-0.15, -0.1) is 0 Å². The number of hydrogen-bond donors (Lipinski definition) is 1. The lowest BCUT2D eigenvalue weighted by molar-refractivity contribution is -0.142. The molecule has 1 aromatic carbocycles. The monoisotopic (exact) mass is 279 g/mol. The van der Waals surface area contributed by atoms with E-state index in [9.17, 15) is 9.90 Å². The number of likely N-dealkylation sites (tertiary alicyclic amines) is 1. The molecule has 0 saturated carbocycles. The Labute approximate surface area is 119 Å². The maximum absolute atomic E-state index is 11.8. The third-order valence-corrected chi connectivity index (χ3v) is 3.73. The molecule has 1 aliphatic heterocycles. The van der Waals surface area contributed by atoms with Gasteiger partial charge in [-0.2, -0.15) is 0 Å². The van der Waals surface area contributed by atoms with Gasteiger partial charge in [0.25, 0.3) is 0 Å². The molecule has 0 radical (unpaired) electrons. The van der Waals surface area contributed by atoms with Gasteiger partial charge in [-0.25, -0.2) is 0 Å². The molecule has 0 bridgehead atoms. The molecule has 1 fully saturated rings. The van der Waals surface area contributed by atoms with Crippen molar-refractivity contribution in [3.05, 3.63) is 23.8 Å². The first-order chi connectivity index (χ1) is 9.46. The standard InChI is InChI=1S/C15H21NO4/c1-15(18)6-4-14(17)16(15)7-5-11-8-12(19-2)10-13(9-11)20-3/h8-10,18H,4-7H2,1-3H3. The Morgan fingerprint density at radius 1 is 1.25 bits per heavy atom. The van der Waals surface area contributed by atoms with Crippen LogP contribution in [0.5, 0.6) is 11.5 Å². The molecular formula is C15H21NO4. The highest BCUT2D eigenvalue weighted by atomic mass is 16.5. The van der Waals surface area contributed by atoms with Crippen molar-refractivity contribution in [3.8, 4) is 11.5 Å². The predicted octanol–water partition coefficient (Wildman–Crippen LogP) is 1.58. The largest absolute Gasteiger partial charge is 0.497 e. The smallest absolute Gasteiger partial charge is 0.224 e. The van der Waals surface area contributed by atoms with Gasteiger partial charge in [0.1, 0.15) is 17.2 Å². The summed E-state index contributed by atoms with van der Waals surface area (Å²) in [5.41, 5.74) is -0.0169. The fourth-order valence-corrected chi connectivity index (χ4v) is 2.50. The van der Waals surface area contributed by atoms with Crippen molar-refractivity contribution < 1.29 is 19.4 Å². The van der Waals surface area contributed by atoms with E-state index in [0.717, 1.165) is 17.1 Å². The van der Waals surface area contributed by atoms with Gasteiger partial charge in [0.05, 0.1) is 14.2 Å². The van der Waals surface area contributed by atoms with E-state index < -0.39 is 5.72 Å². The third-order valence-electron chi connectivity index (χ3n) is 3.73.